The lowest BCUT2D eigenvalue weighted by atomic mass is 9.55. The molecular weight excluding hydrogens is 346 g/mol. The van der Waals surface area contributed by atoms with Gasteiger partial charge in [-0.15, -0.1) is 0 Å². The van der Waals surface area contributed by atoms with E-state index in [9.17, 15) is 9.90 Å². The summed E-state index contributed by atoms with van der Waals surface area (Å²) in [5.41, 5.74) is -0.347. The van der Waals surface area contributed by atoms with Crippen molar-refractivity contribution in [3.05, 3.63) is 34.3 Å². The number of amides is 1. The molecule has 120 valence electrons. The predicted molar refractivity (Wildman–Crippen MR) is 87.4 cm³/mol. The molecule has 4 nitrogen and oxygen atoms in total. The van der Waals surface area contributed by atoms with Crippen molar-refractivity contribution in [2.75, 3.05) is 13.1 Å². The van der Waals surface area contributed by atoms with Crippen molar-refractivity contribution in [3.8, 4) is 0 Å². The normalized spacial score (nSPS) is 30.7. The van der Waals surface area contributed by atoms with Crippen molar-refractivity contribution in [2.45, 2.75) is 38.4 Å². The highest BCUT2D eigenvalue weighted by atomic mass is 79.9. The maximum absolute atomic E-state index is 12.2. The molecular formula is C17H22BrNO3. The quantitative estimate of drug-likeness (QED) is 0.825. The number of piperidine rings is 2. The Morgan fingerprint density at radius 1 is 1.27 bits per heavy atom. The third-order valence-corrected chi connectivity index (χ3v) is 5.18. The Morgan fingerprint density at radius 2 is 1.82 bits per heavy atom. The Morgan fingerprint density at radius 3 is 2.32 bits per heavy atom. The van der Waals surface area contributed by atoms with E-state index in [1.807, 2.05) is 45.0 Å². The number of aliphatic hydroxyl groups is 1. The first-order valence-electron chi connectivity index (χ1n) is 7.66. The van der Waals surface area contributed by atoms with Crippen LogP contribution in [0.1, 0.15) is 32.8 Å². The zero-order valence-corrected chi connectivity index (χ0v) is 14.8. The summed E-state index contributed by atoms with van der Waals surface area (Å²) in [5.74, 6) is 0.167. The summed E-state index contributed by atoms with van der Waals surface area (Å²) in [5, 5.41) is 11.1. The lowest BCUT2D eigenvalue weighted by Gasteiger charge is -2.59. The molecule has 5 heteroatoms. The average molecular weight is 368 g/mol. The highest BCUT2D eigenvalue weighted by molar-refractivity contribution is 9.10. The van der Waals surface area contributed by atoms with Crippen LogP contribution in [0, 0.1) is 11.8 Å². The fourth-order valence-electron chi connectivity index (χ4n) is 3.57. The monoisotopic (exact) mass is 367 g/mol. The van der Waals surface area contributed by atoms with Gasteiger partial charge in [0.1, 0.15) is 5.60 Å². The second-order valence-electron chi connectivity index (χ2n) is 7.35. The Hall–Kier alpha value is -1.07. The number of carbonyl (C=O) groups excluding carboxylic acids is 1. The third-order valence-electron chi connectivity index (χ3n) is 4.65. The molecule has 0 spiro atoms. The van der Waals surface area contributed by atoms with Gasteiger partial charge in [-0.1, -0.05) is 28.1 Å². The van der Waals surface area contributed by atoms with Crippen LogP contribution in [0.4, 0.5) is 4.79 Å². The smallest absolute Gasteiger partial charge is 0.410 e. The molecule has 1 aromatic carbocycles. The molecule has 1 aromatic rings. The van der Waals surface area contributed by atoms with Crippen LogP contribution in [0.3, 0.4) is 0 Å². The summed E-state index contributed by atoms with van der Waals surface area (Å²) in [6, 6.07) is 7.83. The fraction of sp³-hybridized carbons (Fsp3) is 0.588. The number of rotatable bonds is 1. The predicted octanol–water partition coefficient (Wildman–Crippen LogP) is 3.52. The molecule has 2 bridgehead atoms. The van der Waals surface area contributed by atoms with Crippen LogP contribution < -0.4 is 0 Å². The van der Waals surface area contributed by atoms with Crippen LogP contribution in [0.5, 0.6) is 0 Å². The molecule has 3 aliphatic rings. The molecule has 0 radical (unpaired) electrons. The third kappa shape index (κ3) is 2.65. The number of hydrogen-bond donors (Lipinski definition) is 1. The van der Waals surface area contributed by atoms with Crippen LogP contribution >= 0.6 is 15.9 Å². The summed E-state index contributed by atoms with van der Waals surface area (Å²) < 4.78 is 6.43. The molecule has 2 aliphatic heterocycles. The average Bonchev–Trinajstić information content (AvgIpc) is 2.45. The van der Waals surface area contributed by atoms with E-state index in [0.717, 1.165) is 16.5 Å². The van der Waals surface area contributed by atoms with Gasteiger partial charge in [-0.25, -0.2) is 4.79 Å². The van der Waals surface area contributed by atoms with Crippen molar-refractivity contribution >= 4 is 22.0 Å². The van der Waals surface area contributed by atoms with E-state index >= 15 is 0 Å². The van der Waals surface area contributed by atoms with Crippen molar-refractivity contribution in [1.29, 1.82) is 0 Å². The van der Waals surface area contributed by atoms with Crippen LogP contribution in [0.2, 0.25) is 0 Å². The zero-order valence-electron chi connectivity index (χ0n) is 13.2. The Kier molecular flexibility index (Phi) is 3.76. The Bertz CT molecular complexity index is 567. The molecule has 2 saturated heterocycles. The van der Waals surface area contributed by atoms with E-state index in [-0.39, 0.29) is 17.9 Å². The van der Waals surface area contributed by atoms with Gasteiger partial charge in [-0.3, -0.25) is 0 Å². The second kappa shape index (κ2) is 5.24. The molecule has 4 rings (SSSR count). The van der Waals surface area contributed by atoms with Crippen molar-refractivity contribution < 1.29 is 14.6 Å². The highest BCUT2D eigenvalue weighted by Gasteiger charge is 2.59. The Labute approximate surface area is 139 Å². The number of benzene rings is 1. The minimum absolute atomic E-state index is 0.0833. The molecule has 1 saturated carbocycles. The van der Waals surface area contributed by atoms with Crippen molar-refractivity contribution in [1.82, 2.24) is 4.90 Å². The first kappa shape index (κ1) is 15.8. The molecule has 3 atom stereocenters. The molecule has 2 heterocycles. The summed E-state index contributed by atoms with van der Waals surface area (Å²) in [7, 11) is 0. The Balaban J connectivity index is 1.72. The molecule has 0 aromatic heterocycles. The first-order valence-corrected chi connectivity index (χ1v) is 8.46. The van der Waals surface area contributed by atoms with Crippen LogP contribution in [0.15, 0.2) is 28.7 Å². The fourth-order valence-corrected chi connectivity index (χ4v) is 3.84. The van der Waals surface area contributed by atoms with Crippen molar-refractivity contribution in [3.63, 3.8) is 0 Å². The number of carbonyl (C=O) groups is 1. The van der Waals surface area contributed by atoms with E-state index in [2.05, 4.69) is 15.9 Å². The number of hydrogen-bond acceptors (Lipinski definition) is 3. The minimum Gasteiger partial charge on any atom is -0.444 e. The van der Waals surface area contributed by atoms with Gasteiger partial charge in [0.25, 0.3) is 0 Å². The SMILES string of the molecule is CC(C)(C)OC(=O)N1C[C@H]2C[C@@H](C1)C2(O)c1ccc(Br)cc1. The number of fused-ring (bicyclic) bond motifs is 2. The molecule has 1 amide bonds. The molecule has 1 aliphatic carbocycles. The largest absolute Gasteiger partial charge is 0.444 e. The molecule has 3 fully saturated rings. The second-order valence-corrected chi connectivity index (χ2v) is 8.26. The highest BCUT2D eigenvalue weighted by Crippen LogP contribution is 2.55. The van der Waals surface area contributed by atoms with Crippen LogP contribution in [-0.4, -0.2) is 34.8 Å². The van der Waals surface area contributed by atoms with Gasteiger partial charge in [0, 0.05) is 29.4 Å². The maximum atomic E-state index is 12.2. The molecule has 1 N–H and O–H groups in total. The van der Waals surface area contributed by atoms with Crippen LogP contribution in [-0.2, 0) is 10.3 Å². The van der Waals surface area contributed by atoms with Gasteiger partial charge in [0.05, 0.1) is 5.60 Å². The number of halogens is 1. The van der Waals surface area contributed by atoms with Gasteiger partial charge in [-0.2, -0.15) is 0 Å². The van der Waals surface area contributed by atoms with E-state index in [1.165, 1.54) is 0 Å². The lowest BCUT2D eigenvalue weighted by molar-refractivity contribution is -0.200. The van der Waals surface area contributed by atoms with E-state index in [4.69, 9.17) is 4.74 Å². The van der Waals surface area contributed by atoms with Gasteiger partial charge in [0.2, 0.25) is 0 Å². The molecule has 22 heavy (non-hydrogen) atoms. The summed E-state index contributed by atoms with van der Waals surface area (Å²) in [6.45, 7) is 6.71. The lowest BCUT2D eigenvalue weighted by Crippen LogP contribution is -2.66. The van der Waals surface area contributed by atoms with Gasteiger partial charge >= 0.3 is 6.09 Å². The zero-order chi connectivity index (χ0) is 16.1. The van der Waals surface area contributed by atoms with Crippen molar-refractivity contribution in [2.24, 2.45) is 11.8 Å². The molecule has 1 unspecified atom stereocenters. The van der Waals surface area contributed by atoms with Gasteiger partial charge in [0.15, 0.2) is 0 Å². The topological polar surface area (TPSA) is 49.8 Å². The minimum atomic E-state index is -0.806. The standard InChI is InChI=1S/C17H22BrNO3/c1-16(2,3)22-15(20)19-9-12-8-13(10-19)17(12,21)11-4-6-14(18)7-5-11/h4-7,12-13,21H,8-10H2,1-3H3/t12-,13+,17?. The van der Waals surface area contributed by atoms with E-state index < -0.39 is 11.2 Å². The van der Waals surface area contributed by atoms with Crippen LogP contribution in [0.25, 0.3) is 0 Å². The van der Waals surface area contributed by atoms with E-state index in [1.54, 1.807) is 4.90 Å². The maximum Gasteiger partial charge on any atom is 0.410 e. The van der Waals surface area contributed by atoms with Gasteiger partial charge < -0.3 is 14.7 Å². The number of nitrogens with zero attached hydrogens (tertiary/aromatic N) is 1. The summed E-state index contributed by atoms with van der Waals surface area (Å²) in [6.07, 6.45) is 0.686. The summed E-state index contributed by atoms with van der Waals surface area (Å²) in [4.78, 5) is 13.9. The van der Waals surface area contributed by atoms with E-state index in [0.29, 0.717) is 13.1 Å². The summed E-state index contributed by atoms with van der Waals surface area (Å²) >= 11 is 3.42. The number of ether oxygens (including phenoxy) is 1. The first-order chi connectivity index (χ1) is 10.2. The van der Waals surface area contributed by atoms with Gasteiger partial charge in [-0.05, 0) is 44.9 Å².